The first-order chi connectivity index (χ1) is 14.8. The lowest BCUT2D eigenvalue weighted by Crippen LogP contribution is -2.32. The molecule has 0 radical (unpaired) electrons. The third-order valence-electron chi connectivity index (χ3n) is 6.14. The van der Waals surface area contributed by atoms with Crippen molar-refractivity contribution in [1.82, 2.24) is 9.97 Å². The fraction of sp³-hybridized carbons (Fsp3) is 0.240. The van der Waals surface area contributed by atoms with Crippen LogP contribution in [0.2, 0.25) is 0 Å². The summed E-state index contributed by atoms with van der Waals surface area (Å²) in [5.41, 5.74) is 5.42. The molecule has 0 bridgehead atoms. The molecule has 5 rings (SSSR count). The van der Waals surface area contributed by atoms with Gasteiger partial charge in [-0.2, -0.15) is 9.37 Å². The van der Waals surface area contributed by atoms with Crippen molar-refractivity contribution in [3.05, 3.63) is 65.1 Å². The Kier molecular flexibility index (Phi) is 4.29. The van der Waals surface area contributed by atoms with Gasteiger partial charge in [-0.3, -0.25) is 0 Å². The molecule has 0 spiro atoms. The second-order valence-electron chi connectivity index (χ2n) is 8.37. The maximum Gasteiger partial charge on any atom is 0.287 e. The number of aryl methyl sites for hydroxylation is 1. The molecule has 5 aromatic rings. The molecule has 0 saturated carbocycles. The standard InChI is InChI=1S/C25H22F2N3O/c1-12(2)15-6-7-16-18(10-15)28-11-30(5)23(16)20-13(3)14(4)22(27)21-17-8-9-19(26)29-25(17)31-24(20)21/h6-12H,1-5H3/q+1. The molecule has 0 aliphatic heterocycles. The number of halogens is 2. The Labute approximate surface area is 178 Å². The molecule has 0 N–H and O–H groups in total. The molecule has 0 atom stereocenters. The van der Waals surface area contributed by atoms with Crippen LogP contribution in [0.4, 0.5) is 8.78 Å². The SMILES string of the molecule is Cc1c(C)c(F)c2c(oc3nc(F)ccc32)c1-c1c2ccc(C(C)C)cc2nc[n+]1C. The van der Waals surface area contributed by atoms with Crippen LogP contribution in [-0.2, 0) is 7.05 Å². The van der Waals surface area contributed by atoms with Crippen LogP contribution in [0.5, 0.6) is 0 Å². The first kappa shape index (κ1) is 19.5. The van der Waals surface area contributed by atoms with Gasteiger partial charge in [0.2, 0.25) is 11.7 Å². The number of nitrogens with zero attached hydrogens (tertiary/aromatic N) is 3. The third kappa shape index (κ3) is 2.81. The molecule has 0 amide bonds. The van der Waals surface area contributed by atoms with E-state index in [1.54, 1.807) is 13.3 Å². The van der Waals surface area contributed by atoms with E-state index in [0.29, 0.717) is 27.8 Å². The molecule has 0 aliphatic rings. The molecule has 31 heavy (non-hydrogen) atoms. The van der Waals surface area contributed by atoms with E-state index >= 15 is 4.39 Å². The molecule has 3 aromatic heterocycles. The van der Waals surface area contributed by atoms with Crippen molar-refractivity contribution in [3.63, 3.8) is 0 Å². The van der Waals surface area contributed by atoms with Gasteiger partial charge in [0.1, 0.15) is 11.5 Å². The minimum Gasteiger partial charge on any atom is -0.437 e. The summed E-state index contributed by atoms with van der Waals surface area (Å²) >= 11 is 0. The largest absolute Gasteiger partial charge is 0.437 e. The first-order valence-electron chi connectivity index (χ1n) is 10.2. The first-order valence-corrected chi connectivity index (χ1v) is 10.2. The number of aromatic nitrogens is 3. The predicted molar refractivity (Wildman–Crippen MR) is 117 cm³/mol. The van der Waals surface area contributed by atoms with Crippen LogP contribution in [0.3, 0.4) is 0 Å². The number of hydrogen-bond donors (Lipinski definition) is 0. The summed E-state index contributed by atoms with van der Waals surface area (Å²) in [6.45, 7) is 7.91. The summed E-state index contributed by atoms with van der Waals surface area (Å²) in [7, 11) is 1.91. The van der Waals surface area contributed by atoms with Crippen molar-refractivity contribution in [2.45, 2.75) is 33.6 Å². The summed E-state index contributed by atoms with van der Waals surface area (Å²) in [6.07, 6.45) is 1.76. The van der Waals surface area contributed by atoms with Crippen LogP contribution in [0, 0.1) is 25.6 Å². The molecule has 0 saturated heterocycles. The highest BCUT2D eigenvalue weighted by molar-refractivity contribution is 6.11. The predicted octanol–water partition coefficient (Wildman–Crippen LogP) is 6.04. The quantitative estimate of drug-likeness (QED) is 0.259. The van der Waals surface area contributed by atoms with Crippen molar-refractivity contribution in [1.29, 1.82) is 0 Å². The molecule has 3 heterocycles. The van der Waals surface area contributed by atoms with E-state index in [-0.39, 0.29) is 11.5 Å². The zero-order valence-electron chi connectivity index (χ0n) is 18.0. The second-order valence-corrected chi connectivity index (χ2v) is 8.37. The molecular weight excluding hydrogens is 396 g/mol. The Morgan fingerprint density at radius 1 is 1.00 bits per heavy atom. The minimum atomic E-state index is -0.664. The Balaban J connectivity index is 1.97. The number of rotatable bonds is 2. The Hall–Kier alpha value is -3.41. The molecule has 6 heteroatoms. The molecule has 0 unspecified atom stereocenters. The van der Waals surface area contributed by atoms with Crippen molar-refractivity contribution in [2.75, 3.05) is 0 Å². The van der Waals surface area contributed by atoms with Crippen LogP contribution in [0.1, 0.15) is 36.5 Å². The number of pyridine rings is 1. The number of fused-ring (bicyclic) bond motifs is 4. The molecule has 0 fully saturated rings. The highest BCUT2D eigenvalue weighted by atomic mass is 19.1. The van der Waals surface area contributed by atoms with Crippen LogP contribution >= 0.6 is 0 Å². The maximum absolute atomic E-state index is 15.4. The van der Waals surface area contributed by atoms with Gasteiger partial charge in [-0.25, -0.2) is 8.96 Å². The monoisotopic (exact) mass is 418 g/mol. The van der Waals surface area contributed by atoms with E-state index in [2.05, 4.69) is 42.0 Å². The lowest BCUT2D eigenvalue weighted by molar-refractivity contribution is -0.662. The van der Waals surface area contributed by atoms with Gasteiger partial charge in [-0.1, -0.05) is 19.9 Å². The number of hydrogen-bond acceptors (Lipinski definition) is 3. The lowest BCUT2D eigenvalue weighted by Gasteiger charge is -2.13. The fourth-order valence-electron chi connectivity index (χ4n) is 4.27. The number of furan rings is 1. The summed E-state index contributed by atoms with van der Waals surface area (Å²) < 4.78 is 37.0. The van der Waals surface area contributed by atoms with Crippen LogP contribution < -0.4 is 4.57 Å². The molecular formula is C25H22F2N3O+. The van der Waals surface area contributed by atoms with Gasteiger partial charge in [-0.05, 0) is 65.7 Å². The third-order valence-corrected chi connectivity index (χ3v) is 6.14. The van der Waals surface area contributed by atoms with Gasteiger partial charge in [-0.15, -0.1) is 0 Å². The van der Waals surface area contributed by atoms with Crippen molar-refractivity contribution >= 4 is 33.0 Å². The Bertz CT molecular complexity index is 1520. The van der Waals surface area contributed by atoms with Gasteiger partial charge in [0.15, 0.2) is 11.1 Å². The summed E-state index contributed by atoms with van der Waals surface area (Å²) in [6, 6.07) is 8.97. The molecule has 0 aliphatic carbocycles. The molecule has 2 aromatic carbocycles. The Morgan fingerprint density at radius 2 is 1.74 bits per heavy atom. The fourth-order valence-corrected chi connectivity index (χ4v) is 4.27. The van der Waals surface area contributed by atoms with Gasteiger partial charge in [0.25, 0.3) is 6.33 Å². The van der Waals surface area contributed by atoms with Gasteiger partial charge >= 0.3 is 0 Å². The zero-order valence-corrected chi connectivity index (χ0v) is 18.0. The summed E-state index contributed by atoms with van der Waals surface area (Å²) in [5, 5.41) is 1.72. The van der Waals surface area contributed by atoms with E-state index < -0.39 is 5.95 Å². The summed E-state index contributed by atoms with van der Waals surface area (Å²) in [4.78, 5) is 8.46. The van der Waals surface area contributed by atoms with Gasteiger partial charge in [0, 0.05) is 0 Å². The van der Waals surface area contributed by atoms with Crippen molar-refractivity contribution in [3.8, 4) is 11.3 Å². The van der Waals surface area contributed by atoms with Crippen LogP contribution in [0.15, 0.2) is 41.1 Å². The minimum absolute atomic E-state index is 0.0864. The van der Waals surface area contributed by atoms with Crippen LogP contribution in [0.25, 0.3) is 44.2 Å². The molecule has 156 valence electrons. The van der Waals surface area contributed by atoms with E-state index in [9.17, 15) is 4.39 Å². The van der Waals surface area contributed by atoms with E-state index in [1.807, 2.05) is 18.5 Å². The Morgan fingerprint density at radius 3 is 2.48 bits per heavy atom. The van der Waals surface area contributed by atoms with Crippen molar-refractivity contribution < 1.29 is 17.8 Å². The van der Waals surface area contributed by atoms with Crippen molar-refractivity contribution in [2.24, 2.45) is 7.05 Å². The average Bonchev–Trinajstić information content (AvgIpc) is 3.11. The normalized spacial score (nSPS) is 12.0. The topological polar surface area (TPSA) is 42.8 Å². The second kappa shape index (κ2) is 6.80. The van der Waals surface area contributed by atoms with Crippen LogP contribution in [-0.4, -0.2) is 9.97 Å². The van der Waals surface area contributed by atoms with E-state index in [1.165, 1.54) is 17.7 Å². The lowest BCUT2D eigenvalue weighted by atomic mass is 9.93. The van der Waals surface area contributed by atoms with E-state index in [0.717, 1.165) is 27.7 Å². The average molecular weight is 418 g/mol. The van der Waals surface area contributed by atoms with E-state index in [4.69, 9.17) is 4.42 Å². The zero-order chi connectivity index (χ0) is 22.0. The smallest absolute Gasteiger partial charge is 0.287 e. The highest BCUT2D eigenvalue weighted by Crippen LogP contribution is 2.41. The maximum atomic E-state index is 15.4. The van der Waals surface area contributed by atoms with Gasteiger partial charge in [0.05, 0.1) is 28.8 Å². The van der Waals surface area contributed by atoms with Gasteiger partial charge < -0.3 is 4.42 Å². The number of benzene rings is 2. The summed E-state index contributed by atoms with van der Waals surface area (Å²) in [5.74, 6) is -0.656. The highest BCUT2D eigenvalue weighted by Gasteiger charge is 2.27. The molecule has 4 nitrogen and oxygen atoms in total.